The van der Waals surface area contributed by atoms with Crippen molar-refractivity contribution in [3.05, 3.63) is 54.6 Å². The molecular formula is C22H28N2O5. The SMILES string of the molecule is CCOC(=O)N1CCN(C[C@H](O)COc2ccc(Oc3ccccc3)cc2)CC1. The first-order valence-electron chi connectivity index (χ1n) is 9.92. The molecule has 0 saturated carbocycles. The number of para-hydroxylation sites is 1. The Hall–Kier alpha value is -2.77. The molecule has 1 aliphatic heterocycles. The average Bonchev–Trinajstić information content (AvgIpc) is 2.75. The Kier molecular flexibility index (Phi) is 7.72. The highest BCUT2D eigenvalue weighted by molar-refractivity contribution is 5.67. The average molecular weight is 400 g/mol. The van der Waals surface area contributed by atoms with Crippen molar-refractivity contribution in [1.82, 2.24) is 9.80 Å². The fourth-order valence-corrected chi connectivity index (χ4v) is 3.10. The number of carbonyl (C=O) groups excluding carboxylic acids is 1. The number of rotatable bonds is 8. The van der Waals surface area contributed by atoms with Crippen molar-refractivity contribution in [1.29, 1.82) is 0 Å². The van der Waals surface area contributed by atoms with Crippen LogP contribution >= 0.6 is 0 Å². The molecule has 0 radical (unpaired) electrons. The number of amides is 1. The van der Waals surface area contributed by atoms with Crippen LogP contribution in [0.3, 0.4) is 0 Å². The lowest BCUT2D eigenvalue weighted by Crippen LogP contribution is -2.51. The van der Waals surface area contributed by atoms with E-state index in [0.717, 1.165) is 11.5 Å². The molecule has 0 aliphatic carbocycles. The largest absolute Gasteiger partial charge is 0.491 e. The van der Waals surface area contributed by atoms with Gasteiger partial charge in [0.2, 0.25) is 0 Å². The van der Waals surface area contributed by atoms with Gasteiger partial charge in [0.1, 0.15) is 30.0 Å². The van der Waals surface area contributed by atoms with Gasteiger partial charge in [-0.2, -0.15) is 0 Å². The molecule has 2 aromatic rings. The quantitative estimate of drug-likeness (QED) is 0.735. The molecule has 0 bridgehead atoms. The van der Waals surface area contributed by atoms with Gasteiger partial charge in [-0.3, -0.25) is 4.90 Å². The normalized spacial score (nSPS) is 15.6. The second kappa shape index (κ2) is 10.7. The molecule has 1 N–H and O–H groups in total. The van der Waals surface area contributed by atoms with E-state index in [1.807, 2.05) is 54.6 Å². The fraction of sp³-hybridized carbons (Fsp3) is 0.409. The lowest BCUT2D eigenvalue weighted by atomic mass is 10.2. The zero-order chi connectivity index (χ0) is 20.5. The molecule has 0 aromatic heterocycles. The van der Waals surface area contributed by atoms with E-state index in [4.69, 9.17) is 14.2 Å². The van der Waals surface area contributed by atoms with E-state index in [0.29, 0.717) is 45.1 Å². The number of ether oxygens (including phenoxy) is 3. The minimum absolute atomic E-state index is 0.205. The van der Waals surface area contributed by atoms with Crippen LogP contribution in [-0.2, 0) is 4.74 Å². The van der Waals surface area contributed by atoms with E-state index in [-0.39, 0.29) is 12.7 Å². The summed E-state index contributed by atoms with van der Waals surface area (Å²) in [6.07, 6.45) is -0.875. The minimum atomic E-state index is -0.607. The van der Waals surface area contributed by atoms with E-state index >= 15 is 0 Å². The van der Waals surface area contributed by atoms with Gasteiger partial charge < -0.3 is 24.2 Å². The predicted molar refractivity (Wildman–Crippen MR) is 109 cm³/mol. The summed E-state index contributed by atoms with van der Waals surface area (Å²) in [7, 11) is 0. The van der Waals surface area contributed by atoms with Crippen molar-refractivity contribution >= 4 is 6.09 Å². The van der Waals surface area contributed by atoms with Gasteiger partial charge in [-0.25, -0.2) is 4.79 Å². The molecule has 29 heavy (non-hydrogen) atoms. The van der Waals surface area contributed by atoms with Gasteiger partial charge in [-0.1, -0.05) is 18.2 Å². The van der Waals surface area contributed by atoms with E-state index in [2.05, 4.69) is 4.90 Å². The maximum absolute atomic E-state index is 11.7. The van der Waals surface area contributed by atoms with Crippen LogP contribution in [0, 0.1) is 0 Å². The Morgan fingerprint density at radius 3 is 2.24 bits per heavy atom. The molecule has 1 amide bonds. The number of piperazine rings is 1. The summed E-state index contributed by atoms with van der Waals surface area (Å²) in [5.74, 6) is 2.18. The van der Waals surface area contributed by atoms with Gasteiger partial charge in [-0.05, 0) is 43.3 Å². The molecule has 1 aliphatic rings. The smallest absolute Gasteiger partial charge is 0.409 e. The van der Waals surface area contributed by atoms with Crippen molar-refractivity contribution in [3.63, 3.8) is 0 Å². The van der Waals surface area contributed by atoms with Crippen LogP contribution in [0.5, 0.6) is 17.2 Å². The summed E-state index contributed by atoms with van der Waals surface area (Å²) in [6.45, 7) is 5.53. The number of β-amino-alcohol motifs (C(OH)–C–C–N with tert-alkyl or cyclic N) is 1. The molecule has 1 fully saturated rings. The number of carbonyl (C=O) groups is 1. The third kappa shape index (κ3) is 6.66. The summed E-state index contributed by atoms with van der Waals surface area (Å²) < 4.78 is 16.5. The Morgan fingerprint density at radius 2 is 1.59 bits per heavy atom. The van der Waals surface area contributed by atoms with E-state index in [1.165, 1.54) is 0 Å². The topological polar surface area (TPSA) is 71.5 Å². The van der Waals surface area contributed by atoms with E-state index in [9.17, 15) is 9.90 Å². The van der Waals surface area contributed by atoms with Crippen LogP contribution in [0.25, 0.3) is 0 Å². The summed E-state index contributed by atoms with van der Waals surface area (Å²) >= 11 is 0. The molecule has 7 heteroatoms. The van der Waals surface area contributed by atoms with Crippen molar-refractivity contribution in [2.45, 2.75) is 13.0 Å². The molecular weight excluding hydrogens is 372 g/mol. The number of hydrogen-bond acceptors (Lipinski definition) is 6. The molecule has 3 rings (SSSR count). The summed E-state index contributed by atoms with van der Waals surface area (Å²) in [4.78, 5) is 15.5. The van der Waals surface area contributed by atoms with Crippen molar-refractivity contribution < 1.29 is 24.1 Å². The number of aliphatic hydroxyl groups is 1. The van der Waals surface area contributed by atoms with Crippen LogP contribution in [0.15, 0.2) is 54.6 Å². The zero-order valence-electron chi connectivity index (χ0n) is 16.7. The van der Waals surface area contributed by atoms with E-state index < -0.39 is 6.10 Å². The third-order valence-corrected chi connectivity index (χ3v) is 4.61. The number of hydrogen-bond donors (Lipinski definition) is 1. The van der Waals surface area contributed by atoms with Crippen molar-refractivity contribution in [3.8, 4) is 17.2 Å². The molecule has 156 valence electrons. The van der Waals surface area contributed by atoms with Crippen molar-refractivity contribution in [2.75, 3.05) is 45.9 Å². The number of aliphatic hydroxyl groups excluding tert-OH is 1. The van der Waals surface area contributed by atoms with Crippen LogP contribution in [0.2, 0.25) is 0 Å². The molecule has 1 saturated heterocycles. The third-order valence-electron chi connectivity index (χ3n) is 4.61. The molecule has 7 nitrogen and oxygen atoms in total. The lowest BCUT2D eigenvalue weighted by molar-refractivity contribution is 0.0408. The predicted octanol–water partition coefficient (Wildman–Crippen LogP) is 2.99. The Morgan fingerprint density at radius 1 is 0.966 bits per heavy atom. The summed E-state index contributed by atoms with van der Waals surface area (Å²) in [5, 5.41) is 10.3. The maximum Gasteiger partial charge on any atom is 0.409 e. The molecule has 0 unspecified atom stereocenters. The maximum atomic E-state index is 11.7. The fourth-order valence-electron chi connectivity index (χ4n) is 3.10. The Bertz CT molecular complexity index is 746. The number of nitrogens with zero attached hydrogens (tertiary/aromatic N) is 2. The Labute approximate surface area is 171 Å². The molecule has 0 spiro atoms. The van der Waals surface area contributed by atoms with Crippen LogP contribution in [-0.4, -0.2) is 73.0 Å². The first kappa shape index (κ1) is 21.0. The van der Waals surface area contributed by atoms with E-state index in [1.54, 1.807) is 11.8 Å². The van der Waals surface area contributed by atoms with Gasteiger partial charge in [0.05, 0.1) is 6.61 Å². The van der Waals surface area contributed by atoms with Gasteiger partial charge in [0, 0.05) is 32.7 Å². The second-order valence-corrected chi connectivity index (χ2v) is 6.84. The first-order chi connectivity index (χ1) is 14.1. The zero-order valence-corrected chi connectivity index (χ0v) is 16.7. The standard InChI is InChI=1S/C22H28N2O5/c1-2-27-22(26)24-14-12-23(13-15-24)16-18(25)17-28-19-8-10-21(11-9-19)29-20-6-4-3-5-7-20/h3-11,18,25H,2,12-17H2,1H3/t18-/m0/s1. The highest BCUT2D eigenvalue weighted by Crippen LogP contribution is 2.23. The minimum Gasteiger partial charge on any atom is -0.491 e. The van der Waals surface area contributed by atoms with Gasteiger partial charge in [0.15, 0.2) is 0 Å². The number of benzene rings is 2. The van der Waals surface area contributed by atoms with Gasteiger partial charge >= 0.3 is 6.09 Å². The molecule has 1 atom stereocenters. The summed E-state index contributed by atoms with van der Waals surface area (Å²) in [6, 6.07) is 16.9. The second-order valence-electron chi connectivity index (χ2n) is 6.84. The Balaban J connectivity index is 1.37. The molecule has 2 aromatic carbocycles. The van der Waals surface area contributed by atoms with Crippen molar-refractivity contribution in [2.24, 2.45) is 0 Å². The monoisotopic (exact) mass is 400 g/mol. The van der Waals surface area contributed by atoms with Gasteiger partial charge in [-0.15, -0.1) is 0 Å². The van der Waals surface area contributed by atoms with Crippen LogP contribution in [0.4, 0.5) is 4.79 Å². The lowest BCUT2D eigenvalue weighted by Gasteiger charge is -2.34. The first-order valence-corrected chi connectivity index (χ1v) is 9.92. The highest BCUT2D eigenvalue weighted by Gasteiger charge is 2.23. The van der Waals surface area contributed by atoms with Crippen LogP contribution in [0.1, 0.15) is 6.92 Å². The van der Waals surface area contributed by atoms with Gasteiger partial charge in [0.25, 0.3) is 0 Å². The summed E-state index contributed by atoms with van der Waals surface area (Å²) in [5.41, 5.74) is 0. The highest BCUT2D eigenvalue weighted by atomic mass is 16.6. The molecule has 1 heterocycles. The van der Waals surface area contributed by atoms with Crippen LogP contribution < -0.4 is 9.47 Å².